The third kappa shape index (κ3) is 3.42. The Kier molecular flexibility index (Phi) is 4.72. The number of methoxy groups -OCH3 is 1. The molecule has 4 heteroatoms. The summed E-state index contributed by atoms with van der Waals surface area (Å²) in [6, 6.07) is 14.0. The zero-order valence-corrected chi connectivity index (χ0v) is 13.5. The largest absolute Gasteiger partial charge is 0.495 e. The van der Waals surface area contributed by atoms with Crippen LogP contribution >= 0.6 is 0 Å². The molecule has 0 aromatic heterocycles. The van der Waals surface area contributed by atoms with Gasteiger partial charge >= 0.3 is 0 Å². The molecule has 4 nitrogen and oxygen atoms in total. The highest BCUT2D eigenvalue weighted by atomic mass is 16.5. The Bertz CT molecular complexity index is 672. The first-order chi connectivity index (χ1) is 11.2. The van der Waals surface area contributed by atoms with E-state index in [2.05, 4.69) is 29.2 Å². The molecular weight excluding hydrogens is 288 g/mol. The van der Waals surface area contributed by atoms with Gasteiger partial charge in [0.2, 0.25) is 0 Å². The molecule has 0 amide bonds. The molecule has 1 aliphatic rings. The molecule has 0 bridgehead atoms. The highest BCUT2D eigenvalue weighted by Gasteiger charge is 2.18. The summed E-state index contributed by atoms with van der Waals surface area (Å²) in [5.74, 6) is 0.644. The summed E-state index contributed by atoms with van der Waals surface area (Å²) in [5, 5.41) is 10.5. The van der Waals surface area contributed by atoms with Crippen LogP contribution in [0.25, 0.3) is 0 Å². The monoisotopic (exact) mass is 312 g/mol. The van der Waals surface area contributed by atoms with Crippen molar-refractivity contribution in [1.82, 2.24) is 0 Å². The van der Waals surface area contributed by atoms with Gasteiger partial charge in [-0.25, -0.2) is 0 Å². The maximum atomic E-state index is 10.5. The summed E-state index contributed by atoms with van der Waals surface area (Å²) < 4.78 is 5.16. The maximum absolute atomic E-state index is 10.5. The minimum atomic E-state index is -0.516. The average molecular weight is 312 g/mol. The zero-order valence-electron chi connectivity index (χ0n) is 13.5. The number of aryl methyl sites for hydroxylation is 1. The normalized spacial score (nSPS) is 15.1. The molecule has 122 valence electrons. The molecule has 1 heterocycles. The number of para-hydroxylation sites is 1. The van der Waals surface area contributed by atoms with Crippen molar-refractivity contribution in [3.05, 3.63) is 53.6 Å². The molecule has 23 heavy (non-hydrogen) atoms. The molecular formula is C19H24N2O2. The smallest absolute Gasteiger partial charge is 0.141 e. The number of anilines is 2. The van der Waals surface area contributed by atoms with Gasteiger partial charge in [0.05, 0.1) is 18.9 Å². The van der Waals surface area contributed by atoms with E-state index >= 15 is 0 Å². The number of nitrogen functional groups attached to an aromatic ring is 1. The van der Waals surface area contributed by atoms with E-state index in [1.807, 2.05) is 12.1 Å². The van der Waals surface area contributed by atoms with Gasteiger partial charge in [0.15, 0.2) is 0 Å². The Hall–Kier alpha value is -2.20. The number of ether oxygens (including phenoxy) is 1. The van der Waals surface area contributed by atoms with Crippen LogP contribution in [0.1, 0.15) is 30.1 Å². The predicted molar refractivity (Wildman–Crippen MR) is 94.0 cm³/mol. The van der Waals surface area contributed by atoms with Crippen molar-refractivity contribution in [3.63, 3.8) is 0 Å². The Morgan fingerprint density at radius 3 is 2.87 bits per heavy atom. The second-order valence-corrected chi connectivity index (χ2v) is 6.03. The van der Waals surface area contributed by atoms with Crippen LogP contribution in [0.3, 0.4) is 0 Å². The van der Waals surface area contributed by atoms with Crippen molar-refractivity contribution < 1.29 is 9.84 Å². The number of nitrogens with zero attached hydrogens (tertiary/aromatic N) is 1. The van der Waals surface area contributed by atoms with Crippen molar-refractivity contribution in [3.8, 4) is 5.75 Å². The van der Waals surface area contributed by atoms with E-state index in [1.165, 1.54) is 17.7 Å². The van der Waals surface area contributed by atoms with Crippen molar-refractivity contribution in [2.75, 3.05) is 30.8 Å². The first-order valence-electron chi connectivity index (χ1n) is 8.13. The molecule has 1 unspecified atom stereocenters. The Balaban J connectivity index is 1.66. The van der Waals surface area contributed by atoms with Crippen LogP contribution in [0.15, 0.2) is 42.5 Å². The molecule has 0 fully saturated rings. The molecule has 2 aromatic carbocycles. The van der Waals surface area contributed by atoms with Gasteiger partial charge in [-0.15, -0.1) is 0 Å². The number of aliphatic hydroxyl groups is 1. The molecule has 0 spiro atoms. The van der Waals surface area contributed by atoms with E-state index < -0.39 is 6.10 Å². The lowest BCUT2D eigenvalue weighted by molar-refractivity contribution is 0.169. The lowest BCUT2D eigenvalue weighted by Crippen LogP contribution is -2.31. The molecule has 0 aliphatic carbocycles. The summed E-state index contributed by atoms with van der Waals surface area (Å²) in [6.07, 6.45) is 2.48. The molecule has 0 saturated heterocycles. The van der Waals surface area contributed by atoms with Crippen LogP contribution in [0.4, 0.5) is 11.4 Å². The van der Waals surface area contributed by atoms with Gasteiger partial charge < -0.3 is 20.5 Å². The van der Waals surface area contributed by atoms with Gasteiger partial charge in [-0.3, -0.25) is 0 Å². The zero-order chi connectivity index (χ0) is 16.2. The number of hydrogen-bond acceptors (Lipinski definition) is 4. The SMILES string of the molecule is COc1ccc(C(O)CCN2CCCc3ccccc32)cc1N. The third-order valence-corrected chi connectivity index (χ3v) is 4.52. The third-order valence-electron chi connectivity index (χ3n) is 4.52. The minimum Gasteiger partial charge on any atom is -0.495 e. The second-order valence-electron chi connectivity index (χ2n) is 6.03. The first kappa shape index (κ1) is 15.7. The van der Waals surface area contributed by atoms with Crippen LogP contribution in [-0.4, -0.2) is 25.3 Å². The topological polar surface area (TPSA) is 58.7 Å². The first-order valence-corrected chi connectivity index (χ1v) is 8.13. The molecule has 2 aromatic rings. The van der Waals surface area contributed by atoms with E-state index in [-0.39, 0.29) is 0 Å². The van der Waals surface area contributed by atoms with Crippen molar-refractivity contribution in [2.24, 2.45) is 0 Å². The van der Waals surface area contributed by atoms with Crippen LogP contribution in [0, 0.1) is 0 Å². The number of nitrogens with two attached hydrogens (primary N) is 1. The van der Waals surface area contributed by atoms with Gasteiger partial charge in [-0.05, 0) is 48.6 Å². The highest BCUT2D eigenvalue weighted by molar-refractivity contribution is 5.56. The lowest BCUT2D eigenvalue weighted by Gasteiger charge is -2.32. The molecule has 1 aliphatic heterocycles. The molecule has 1 atom stereocenters. The summed E-state index contributed by atoms with van der Waals surface area (Å²) in [4.78, 5) is 2.37. The van der Waals surface area contributed by atoms with E-state index in [0.29, 0.717) is 17.9 Å². The summed E-state index contributed by atoms with van der Waals surface area (Å²) in [5.41, 5.74) is 10.0. The quantitative estimate of drug-likeness (QED) is 0.833. The number of benzene rings is 2. The number of fused-ring (bicyclic) bond motifs is 1. The van der Waals surface area contributed by atoms with E-state index in [1.54, 1.807) is 13.2 Å². The maximum Gasteiger partial charge on any atom is 0.141 e. The lowest BCUT2D eigenvalue weighted by atomic mass is 10.0. The summed E-state index contributed by atoms with van der Waals surface area (Å²) in [7, 11) is 1.59. The number of aliphatic hydroxyl groups excluding tert-OH is 1. The summed E-state index contributed by atoms with van der Waals surface area (Å²) >= 11 is 0. The van der Waals surface area contributed by atoms with Crippen molar-refractivity contribution in [1.29, 1.82) is 0 Å². The van der Waals surface area contributed by atoms with Gasteiger partial charge in [-0.2, -0.15) is 0 Å². The second kappa shape index (κ2) is 6.92. The van der Waals surface area contributed by atoms with Crippen molar-refractivity contribution in [2.45, 2.75) is 25.4 Å². The van der Waals surface area contributed by atoms with E-state index in [9.17, 15) is 5.11 Å². The fraction of sp³-hybridized carbons (Fsp3) is 0.368. The van der Waals surface area contributed by atoms with Crippen LogP contribution in [-0.2, 0) is 6.42 Å². The fourth-order valence-corrected chi connectivity index (χ4v) is 3.25. The molecule has 0 saturated carbocycles. The number of rotatable bonds is 5. The molecule has 0 radical (unpaired) electrons. The van der Waals surface area contributed by atoms with E-state index in [0.717, 1.165) is 25.1 Å². The van der Waals surface area contributed by atoms with Gasteiger partial charge in [0.1, 0.15) is 5.75 Å². The van der Waals surface area contributed by atoms with Crippen LogP contribution < -0.4 is 15.4 Å². The number of hydrogen-bond donors (Lipinski definition) is 2. The van der Waals surface area contributed by atoms with E-state index in [4.69, 9.17) is 10.5 Å². The standard InChI is InChI=1S/C19H24N2O2/c1-23-19-9-8-15(13-16(19)20)18(22)10-12-21-11-4-6-14-5-2-3-7-17(14)21/h2-3,5,7-9,13,18,22H,4,6,10-12,20H2,1H3. The Morgan fingerprint density at radius 1 is 1.26 bits per heavy atom. The van der Waals surface area contributed by atoms with Crippen molar-refractivity contribution >= 4 is 11.4 Å². The molecule has 3 rings (SSSR count). The van der Waals surface area contributed by atoms with Gasteiger partial charge in [-0.1, -0.05) is 24.3 Å². The van der Waals surface area contributed by atoms with Crippen LogP contribution in [0.5, 0.6) is 5.75 Å². The highest BCUT2D eigenvalue weighted by Crippen LogP contribution is 2.29. The average Bonchev–Trinajstić information content (AvgIpc) is 2.59. The summed E-state index contributed by atoms with van der Waals surface area (Å²) in [6.45, 7) is 1.89. The minimum absolute atomic E-state index is 0.516. The van der Waals surface area contributed by atoms with Crippen LogP contribution in [0.2, 0.25) is 0 Å². The molecule has 3 N–H and O–H groups in total. The Morgan fingerprint density at radius 2 is 2.09 bits per heavy atom. The Labute approximate surface area is 137 Å². The van der Waals surface area contributed by atoms with Gasteiger partial charge in [0, 0.05) is 18.8 Å². The van der Waals surface area contributed by atoms with Gasteiger partial charge in [0.25, 0.3) is 0 Å². The fourth-order valence-electron chi connectivity index (χ4n) is 3.25. The predicted octanol–water partition coefficient (Wildman–Crippen LogP) is 3.15.